The molecule has 0 atom stereocenters. The average molecular weight is 252 g/mol. The van der Waals surface area contributed by atoms with Crippen LogP contribution in [0, 0.1) is 0 Å². The van der Waals surface area contributed by atoms with E-state index in [9.17, 15) is 0 Å². The van der Waals surface area contributed by atoms with Crippen molar-refractivity contribution < 1.29 is 4.52 Å². The zero-order chi connectivity index (χ0) is 12.8. The normalized spacial score (nSPS) is 20.8. The first-order valence-electron chi connectivity index (χ1n) is 7.00. The molecule has 0 saturated carbocycles. The second-order valence-electron chi connectivity index (χ2n) is 5.14. The van der Waals surface area contributed by atoms with Crippen LogP contribution < -0.4 is 5.32 Å². The van der Waals surface area contributed by atoms with E-state index in [0.717, 1.165) is 38.4 Å². The minimum absolute atomic E-state index is 0.285. The molecule has 1 aliphatic rings. The lowest BCUT2D eigenvalue weighted by Crippen LogP contribution is -2.50. The first-order chi connectivity index (χ1) is 8.78. The van der Waals surface area contributed by atoms with E-state index in [1.807, 2.05) is 0 Å². The van der Waals surface area contributed by atoms with Gasteiger partial charge in [0, 0.05) is 25.0 Å². The Morgan fingerprint density at radius 1 is 1.44 bits per heavy atom. The molecule has 0 spiro atoms. The van der Waals surface area contributed by atoms with E-state index in [2.05, 4.69) is 34.2 Å². The minimum Gasteiger partial charge on any atom is -0.343 e. The Hall–Kier alpha value is -0.940. The molecule has 0 radical (unpaired) electrons. The highest BCUT2D eigenvalue weighted by atomic mass is 16.5. The lowest BCUT2D eigenvalue weighted by Gasteiger charge is -2.35. The van der Waals surface area contributed by atoms with Crippen LogP contribution in [0.3, 0.4) is 0 Å². The predicted octanol–water partition coefficient (Wildman–Crippen LogP) is 1.47. The summed E-state index contributed by atoms with van der Waals surface area (Å²) in [5.74, 6) is 0.811. The topological polar surface area (TPSA) is 54.2 Å². The molecule has 1 aromatic heterocycles. The molecule has 1 N–H and O–H groups in total. The number of hydrogen-bond donors (Lipinski definition) is 1. The first kappa shape index (κ1) is 13.5. The molecule has 1 aromatic rings. The molecule has 1 fully saturated rings. The van der Waals surface area contributed by atoms with Crippen molar-refractivity contribution in [1.29, 1.82) is 0 Å². The number of nitrogens with one attached hydrogen (secondary N) is 1. The van der Waals surface area contributed by atoms with E-state index < -0.39 is 0 Å². The summed E-state index contributed by atoms with van der Waals surface area (Å²) in [5.41, 5.74) is 0.285. The van der Waals surface area contributed by atoms with Crippen LogP contribution in [0.15, 0.2) is 10.9 Å². The van der Waals surface area contributed by atoms with Crippen LogP contribution in [0.4, 0.5) is 0 Å². The van der Waals surface area contributed by atoms with Crippen LogP contribution >= 0.6 is 0 Å². The van der Waals surface area contributed by atoms with Gasteiger partial charge in [-0.2, -0.15) is 4.98 Å². The van der Waals surface area contributed by atoms with E-state index >= 15 is 0 Å². The van der Waals surface area contributed by atoms with Crippen LogP contribution in [-0.4, -0.2) is 46.8 Å². The van der Waals surface area contributed by atoms with Crippen molar-refractivity contribution in [2.75, 3.05) is 26.2 Å². The summed E-state index contributed by atoms with van der Waals surface area (Å²) in [6.07, 6.45) is 5.86. The van der Waals surface area contributed by atoms with Crippen molar-refractivity contribution in [1.82, 2.24) is 20.4 Å². The summed E-state index contributed by atoms with van der Waals surface area (Å²) >= 11 is 0. The van der Waals surface area contributed by atoms with Gasteiger partial charge >= 0.3 is 0 Å². The van der Waals surface area contributed by atoms with E-state index in [-0.39, 0.29) is 5.54 Å². The fraction of sp³-hybridized carbons (Fsp3) is 0.846. The Balaban J connectivity index is 1.90. The summed E-state index contributed by atoms with van der Waals surface area (Å²) in [7, 11) is 0. The summed E-state index contributed by atoms with van der Waals surface area (Å²) in [5, 5.41) is 7.60. The van der Waals surface area contributed by atoms with Crippen LogP contribution in [0.2, 0.25) is 0 Å². The number of nitrogens with zero attached hydrogens (tertiary/aromatic N) is 3. The molecule has 5 nitrogen and oxygen atoms in total. The fourth-order valence-corrected chi connectivity index (χ4v) is 2.69. The van der Waals surface area contributed by atoms with Gasteiger partial charge in [-0.25, -0.2) is 0 Å². The third kappa shape index (κ3) is 3.29. The highest BCUT2D eigenvalue weighted by Gasteiger charge is 2.29. The van der Waals surface area contributed by atoms with E-state index in [4.69, 9.17) is 4.52 Å². The van der Waals surface area contributed by atoms with Gasteiger partial charge in [-0.3, -0.25) is 0 Å². The molecule has 0 aromatic carbocycles. The Bertz CT molecular complexity index is 335. The smallest absolute Gasteiger partial charge is 0.213 e. The zero-order valence-electron chi connectivity index (χ0n) is 11.5. The van der Waals surface area contributed by atoms with Gasteiger partial charge in [0.15, 0.2) is 5.82 Å². The summed E-state index contributed by atoms with van der Waals surface area (Å²) in [6, 6.07) is 0. The van der Waals surface area contributed by atoms with Gasteiger partial charge in [-0.15, -0.1) is 0 Å². The van der Waals surface area contributed by atoms with Crippen molar-refractivity contribution >= 4 is 0 Å². The molecule has 0 unspecified atom stereocenters. The molecule has 18 heavy (non-hydrogen) atoms. The Morgan fingerprint density at radius 3 is 2.94 bits per heavy atom. The fourth-order valence-electron chi connectivity index (χ4n) is 2.69. The highest BCUT2D eigenvalue weighted by molar-refractivity contribution is 4.92. The van der Waals surface area contributed by atoms with Crippen LogP contribution in [0.25, 0.3) is 0 Å². The Kier molecular flexibility index (Phi) is 4.72. The lowest BCUT2D eigenvalue weighted by molar-refractivity contribution is 0.197. The quantitative estimate of drug-likeness (QED) is 0.860. The molecule has 0 amide bonds. The lowest BCUT2D eigenvalue weighted by atomic mass is 9.92. The van der Waals surface area contributed by atoms with Gasteiger partial charge in [0.2, 0.25) is 6.39 Å². The maximum atomic E-state index is 4.77. The largest absolute Gasteiger partial charge is 0.343 e. The molecule has 1 aliphatic heterocycles. The molecule has 2 heterocycles. The molecule has 0 aliphatic carbocycles. The van der Waals surface area contributed by atoms with Crippen molar-refractivity contribution in [3.8, 4) is 0 Å². The van der Waals surface area contributed by atoms with Crippen LogP contribution in [-0.2, 0) is 6.42 Å². The molecule has 1 saturated heterocycles. The van der Waals surface area contributed by atoms with Gasteiger partial charge in [0.1, 0.15) is 0 Å². The van der Waals surface area contributed by atoms with Crippen molar-refractivity contribution in [3.05, 3.63) is 12.2 Å². The second kappa shape index (κ2) is 6.29. The standard InChI is InChI=1S/C13H24N4O/c1-3-13(4-2)10-17(8-5-7-15-13)9-6-12-14-11-18-16-12/h11,15H,3-10H2,1-2H3. The van der Waals surface area contributed by atoms with Crippen molar-refractivity contribution in [3.63, 3.8) is 0 Å². The zero-order valence-corrected chi connectivity index (χ0v) is 11.5. The predicted molar refractivity (Wildman–Crippen MR) is 70.4 cm³/mol. The average Bonchev–Trinajstić information content (AvgIpc) is 2.83. The maximum Gasteiger partial charge on any atom is 0.213 e. The Morgan fingerprint density at radius 2 is 2.28 bits per heavy atom. The second-order valence-corrected chi connectivity index (χ2v) is 5.14. The SMILES string of the molecule is CCC1(CC)CN(CCc2ncon2)CCCN1. The molecular formula is C13H24N4O. The van der Waals surface area contributed by atoms with Crippen LogP contribution in [0.5, 0.6) is 0 Å². The van der Waals surface area contributed by atoms with Gasteiger partial charge in [-0.1, -0.05) is 19.0 Å². The van der Waals surface area contributed by atoms with Gasteiger partial charge in [-0.05, 0) is 32.4 Å². The van der Waals surface area contributed by atoms with E-state index in [0.29, 0.717) is 0 Å². The van der Waals surface area contributed by atoms with E-state index in [1.165, 1.54) is 25.7 Å². The van der Waals surface area contributed by atoms with Crippen LogP contribution in [0.1, 0.15) is 38.9 Å². The monoisotopic (exact) mass is 252 g/mol. The molecular weight excluding hydrogens is 228 g/mol. The highest BCUT2D eigenvalue weighted by Crippen LogP contribution is 2.19. The molecule has 2 rings (SSSR count). The molecule has 5 heteroatoms. The van der Waals surface area contributed by atoms with Crippen molar-refractivity contribution in [2.45, 2.75) is 45.1 Å². The third-order valence-electron chi connectivity index (χ3n) is 4.09. The number of hydrogen-bond acceptors (Lipinski definition) is 5. The first-order valence-corrected chi connectivity index (χ1v) is 7.00. The van der Waals surface area contributed by atoms with Gasteiger partial charge in [0.05, 0.1) is 0 Å². The minimum atomic E-state index is 0.285. The Labute approximate surface area is 109 Å². The maximum absolute atomic E-state index is 4.77. The summed E-state index contributed by atoms with van der Waals surface area (Å²) < 4.78 is 4.77. The number of aromatic nitrogens is 2. The third-order valence-corrected chi connectivity index (χ3v) is 4.09. The van der Waals surface area contributed by atoms with Crippen molar-refractivity contribution in [2.24, 2.45) is 0 Å². The summed E-state index contributed by atoms with van der Waals surface area (Å²) in [6.45, 7) is 8.98. The molecule has 0 bridgehead atoms. The van der Waals surface area contributed by atoms with Gasteiger partial charge in [0.25, 0.3) is 0 Å². The number of rotatable bonds is 5. The summed E-state index contributed by atoms with van der Waals surface area (Å²) in [4.78, 5) is 6.61. The molecule has 102 valence electrons. The van der Waals surface area contributed by atoms with E-state index in [1.54, 1.807) is 0 Å². The van der Waals surface area contributed by atoms with Gasteiger partial charge < -0.3 is 14.7 Å².